The lowest BCUT2D eigenvalue weighted by Crippen LogP contribution is -2.37. The molecule has 0 aliphatic rings. The van der Waals surface area contributed by atoms with Crippen molar-refractivity contribution < 1.29 is 9.53 Å². The maximum Gasteiger partial charge on any atom is 0.239 e. The molecule has 1 amide bonds. The van der Waals surface area contributed by atoms with Crippen LogP contribution in [0.3, 0.4) is 0 Å². The van der Waals surface area contributed by atoms with Gasteiger partial charge in [-0.05, 0) is 45.6 Å². The number of hydrogen-bond donors (Lipinski definition) is 2. The van der Waals surface area contributed by atoms with Crippen LogP contribution in [0.1, 0.15) is 25.5 Å². The number of carbonyl (C=O) groups excluding carboxylic acids is 1. The number of nitrogens with zero attached hydrogens (tertiary/aromatic N) is 1. The molecule has 0 heterocycles. The highest BCUT2D eigenvalue weighted by molar-refractivity contribution is 5.81. The summed E-state index contributed by atoms with van der Waals surface area (Å²) in [4.78, 5) is 13.7. The van der Waals surface area contributed by atoms with Gasteiger partial charge in [-0.3, -0.25) is 4.79 Å². The topological polar surface area (TPSA) is 67.6 Å². The summed E-state index contributed by atoms with van der Waals surface area (Å²) in [6.07, 6.45) is 0.0963. The van der Waals surface area contributed by atoms with Crippen LogP contribution in [-0.2, 0) is 4.79 Å². The summed E-state index contributed by atoms with van der Waals surface area (Å²) < 4.78 is 5.64. The van der Waals surface area contributed by atoms with Crippen molar-refractivity contribution in [1.29, 1.82) is 0 Å². The maximum absolute atomic E-state index is 11.6. The predicted octanol–water partition coefficient (Wildman–Crippen LogP) is 1.15. The zero-order chi connectivity index (χ0) is 15.1. The molecule has 1 aromatic carbocycles. The Morgan fingerprint density at radius 1 is 1.40 bits per heavy atom. The van der Waals surface area contributed by atoms with Gasteiger partial charge in [0.2, 0.25) is 5.91 Å². The fourth-order valence-corrected chi connectivity index (χ4v) is 1.85. The quantitative estimate of drug-likeness (QED) is 0.749. The molecule has 112 valence electrons. The summed E-state index contributed by atoms with van der Waals surface area (Å²) >= 11 is 0. The van der Waals surface area contributed by atoms with Crippen LogP contribution in [0.15, 0.2) is 24.3 Å². The van der Waals surface area contributed by atoms with Crippen LogP contribution >= 0.6 is 0 Å². The summed E-state index contributed by atoms with van der Waals surface area (Å²) in [6.45, 7) is 5.46. The summed E-state index contributed by atoms with van der Waals surface area (Å²) in [7, 11) is 3.97. The molecule has 0 aliphatic heterocycles. The molecule has 20 heavy (non-hydrogen) atoms. The van der Waals surface area contributed by atoms with Crippen molar-refractivity contribution in [3.63, 3.8) is 0 Å². The molecule has 1 aromatic rings. The smallest absolute Gasteiger partial charge is 0.239 e. The first kappa shape index (κ1) is 16.5. The standard InChI is InChI=1S/C15H25N3O2/c1-11(2)20-13-7-5-6-12(10-13)14(15(16)19)17-8-9-18(3)4/h5-7,10-11,14,17H,8-9H2,1-4H3,(H2,16,19). The molecular formula is C15H25N3O2. The number of benzene rings is 1. The SMILES string of the molecule is CC(C)Oc1cccc(C(NCCN(C)C)C(N)=O)c1. The first-order valence-corrected chi connectivity index (χ1v) is 6.84. The van der Waals surface area contributed by atoms with Crippen molar-refractivity contribution in [1.82, 2.24) is 10.2 Å². The fourth-order valence-electron chi connectivity index (χ4n) is 1.85. The first-order valence-electron chi connectivity index (χ1n) is 6.84. The second-order valence-electron chi connectivity index (χ2n) is 5.33. The third kappa shape index (κ3) is 5.59. The van der Waals surface area contributed by atoms with E-state index in [2.05, 4.69) is 5.32 Å². The summed E-state index contributed by atoms with van der Waals surface area (Å²) in [6, 6.07) is 6.99. The summed E-state index contributed by atoms with van der Waals surface area (Å²) in [5.41, 5.74) is 6.31. The monoisotopic (exact) mass is 279 g/mol. The van der Waals surface area contributed by atoms with Gasteiger partial charge in [0.25, 0.3) is 0 Å². The highest BCUT2D eigenvalue weighted by atomic mass is 16.5. The Hall–Kier alpha value is -1.59. The van der Waals surface area contributed by atoms with Gasteiger partial charge in [-0.15, -0.1) is 0 Å². The molecule has 0 spiro atoms. The molecule has 0 radical (unpaired) electrons. The normalized spacial score (nSPS) is 12.7. The van der Waals surface area contributed by atoms with E-state index in [1.54, 1.807) is 0 Å². The molecule has 0 saturated heterocycles. The van der Waals surface area contributed by atoms with Crippen molar-refractivity contribution in [2.75, 3.05) is 27.2 Å². The van der Waals surface area contributed by atoms with E-state index in [4.69, 9.17) is 10.5 Å². The minimum atomic E-state index is -0.495. The van der Waals surface area contributed by atoms with Crippen LogP contribution in [-0.4, -0.2) is 44.1 Å². The average Bonchev–Trinajstić information content (AvgIpc) is 2.33. The Bertz CT molecular complexity index is 433. The van der Waals surface area contributed by atoms with Gasteiger partial charge in [0.05, 0.1) is 6.10 Å². The van der Waals surface area contributed by atoms with Crippen molar-refractivity contribution in [2.24, 2.45) is 5.73 Å². The van der Waals surface area contributed by atoms with E-state index in [0.717, 1.165) is 17.9 Å². The Morgan fingerprint density at radius 2 is 2.10 bits per heavy atom. The van der Waals surface area contributed by atoms with Crippen molar-refractivity contribution in [3.8, 4) is 5.75 Å². The van der Waals surface area contributed by atoms with E-state index < -0.39 is 6.04 Å². The zero-order valence-corrected chi connectivity index (χ0v) is 12.7. The van der Waals surface area contributed by atoms with Crippen LogP contribution in [0.2, 0.25) is 0 Å². The Balaban J connectivity index is 2.78. The number of likely N-dealkylation sites (N-methyl/N-ethyl adjacent to an activating group) is 1. The molecule has 5 nitrogen and oxygen atoms in total. The number of carbonyl (C=O) groups is 1. The lowest BCUT2D eigenvalue weighted by molar-refractivity contribution is -0.120. The Morgan fingerprint density at radius 3 is 2.65 bits per heavy atom. The van der Waals surface area contributed by atoms with E-state index >= 15 is 0 Å². The largest absolute Gasteiger partial charge is 0.491 e. The van der Waals surface area contributed by atoms with Crippen LogP contribution in [0.25, 0.3) is 0 Å². The molecule has 5 heteroatoms. The number of hydrogen-bond acceptors (Lipinski definition) is 4. The van der Waals surface area contributed by atoms with Crippen LogP contribution in [0, 0.1) is 0 Å². The molecule has 0 bridgehead atoms. The number of rotatable bonds is 8. The van der Waals surface area contributed by atoms with Crippen molar-refractivity contribution in [2.45, 2.75) is 26.0 Å². The van der Waals surface area contributed by atoms with E-state index in [0.29, 0.717) is 6.54 Å². The van der Waals surface area contributed by atoms with Gasteiger partial charge in [0, 0.05) is 13.1 Å². The highest BCUT2D eigenvalue weighted by Gasteiger charge is 2.17. The first-order chi connectivity index (χ1) is 9.40. The second-order valence-corrected chi connectivity index (χ2v) is 5.33. The summed E-state index contributed by atoms with van der Waals surface area (Å²) in [5.74, 6) is 0.364. The van der Waals surface area contributed by atoms with Gasteiger partial charge in [-0.2, -0.15) is 0 Å². The molecule has 1 atom stereocenters. The lowest BCUT2D eigenvalue weighted by Gasteiger charge is -2.19. The van der Waals surface area contributed by atoms with Gasteiger partial charge in [-0.1, -0.05) is 12.1 Å². The number of primary amides is 1. The molecule has 0 aromatic heterocycles. The maximum atomic E-state index is 11.6. The van der Waals surface area contributed by atoms with E-state index in [1.165, 1.54) is 0 Å². The molecule has 1 unspecified atom stereocenters. The van der Waals surface area contributed by atoms with E-state index in [1.807, 2.05) is 57.1 Å². The minimum Gasteiger partial charge on any atom is -0.491 e. The van der Waals surface area contributed by atoms with Gasteiger partial charge < -0.3 is 20.7 Å². The zero-order valence-electron chi connectivity index (χ0n) is 12.7. The third-order valence-corrected chi connectivity index (χ3v) is 2.76. The number of nitrogens with one attached hydrogen (secondary N) is 1. The number of nitrogens with two attached hydrogens (primary N) is 1. The minimum absolute atomic E-state index is 0.0963. The van der Waals surface area contributed by atoms with Gasteiger partial charge >= 0.3 is 0 Å². The molecule has 1 rings (SSSR count). The average molecular weight is 279 g/mol. The van der Waals surface area contributed by atoms with Crippen LogP contribution in [0.4, 0.5) is 0 Å². The number of amides is 1. The second kappa shape index (κ2) is 7.87. The van der Waals surface area contributed by atoms with E-state index in [9.17, 15) is 4.79 Å². The summed E-state index contributed by atoms with van der Waals surface area (Å²) in [5, 5.41) is 3.18. The Labute approximate surface area is 121 Å². The highest BCUT2D eigenvalue weighted by Crippen LogP contribution is 2.20. The third-order valence-electron chi connectivity index (χ3n) is 2.76. The van der Waals surface area contributed by atoms with Crippen molar-refractivity contribution >= 4 is 5.91 Å². The lowest BCUT2D eigenvalue weighted by atomic mass is 10.1. The molecular weight excluding hydrogens is 254 g/mol. The fraction of sp³-hybridized carbons (Fsp3) is 0.533. The van der Waals surface area contributed by atoms with E-state index in [-0.39, 0.29) is 12.0 Å². The van der Waals surface area contributed by atoms with Crippen LogP contribution < -0.4 is 15.8 Å². The predicted molar refractivity (Wildman–Crippen MR) is 80.7 cm³/mol. The molecule has 3 N–H and O–H groups in total. The molecule has 0 saturated carbocycles. The van der Waals surface area contributed by atoms with Gasteiger partial charge in [-0.25, -0.2) is 0 Å². The Kier molecular flexibility index (Phi) is 6.48. The van der Waals surface area contributed by atoms with Gasteiger partial charge in [0.15, 0.2) is 0 Å². The van der Waals surface area contributed by atoms with Crippen LogP contribution in [0.5, 0.6) is 5.75 Å². The molecule has 0 fully saturated rings. The molecule has 0 aliphatic carbocycles. The van der Waals surface area contributed by atoms with Gasteiger partial charge in [0.1, 0.15) is 11.8 Å². The number of ether oxygens (including phenoxy) is 1. The van der Waals surface area contributed by atoms with Crippen molar-refractivity contribution in [3.05, 3.63) is 29.8 Å².